The Balaban J connectivity index is 1.85. The lowest BCUT2D eigenvalue weighted by Crippen LogP contribution is -2.55. The van der Waals surface area contributed by atoms with Crippen LogP contribution in [0, 0.1) is 5.92 Å². The molecule has 4 atom stereocenters. The Morgan fingerprint density at radius 3 is 2.12 bits per heavy atom. The first-order valence-corrected chi connectivity index (χ1v) is 18.1. The highest BCUT2D eigenvalue weighted by atomic mass is 35.5. The van der Waals surface area contributed by atoms with Gasteiger partial charge >= 0.3 is 0 Å². The summed E-state index contributed by atoms with van der Waals surface area (Å²) in [5, 5.41) is 15.5. The van der Waals surface area contributed by atoms with E-state index in [9.17, 15) is 19.2 Å². The molecule has 5 N–H and O–H groups in total. The lowest BCUT2D eigenvalue weighted by Gasteiger charge is -2.26. The van der Waals surface area contributed by atoms with Gasteiger partial charge in [-0.1, -0.05) is 43.6 Å². The normalized spacial score (nSPS) is 13.5. The fourth-order valence-electron chi connectivity index (χ4n) is 5.21. The Bertz CT molecular complexity index is 1630. The number of halogens is 1. The summed E-state index contributed by atoms with van der Waals surface area (Å²) in [6.07, 6.45) is 2.06. The first-order valence-electron chi connectivity index (χ1n) is 17.0. The summed E-state index contributed by atoms with van der Waals surface area (Å²) in [6, 6.07) is 15.7. The van der Waals surface area contributed by atoms with E-state index in [1.54, 1.807) is 43.5 Å². The zero-order chi connectivity index (χ0) is 37.7. The number of hydrogen-bond acceptors (Lipinski definition) is 9. The number of hydrogen-bond donors (Lipinski definition) is 5. The van der Waals surface area contributed by atoms with Crippen molar-refractivity contribution in [3.63, 3.8) is 0 Å². The largest absolute Gasteiger partial charge is 0.355 e. The first-order chi connectivity index (χ1) is 24.2. The number of carbonyl (C=O) groups excluding carboxylic acids is 4. The number of pyridine rings is 1. The van der Waals surface area contributed by atoms with Gasteiger partial charge in [-0.05, 0) is 88.8 Å². The molecule has 2 aromatic carbocycles. The number of amides is 4. The highest BCUT2D eigenvalue weighted by molar-refractivity contribution is 7.98. The van der Waals surface area contributed by atoms with Gasteiger partial charge in [0, 0.05) is 78.5 Å². The van der Waals surface area contributed by atoms with Crippen LogP contribution in [0.4, 0.5) is 5.69 Å². The fourth-order valence-corrected chi connectivity index (χ4v) is 6.10. The van der Waals surface area contributed by atoms with Crippen molar-refractivity contribution in [1.29, 1.82) is 0 Å². The molecular formula is C37H51ClN8O4S. The Labute approximate surface area is 311 Å². The minimum atomic E-state index is -0.679. The molecule has 3 rings (SSSR count). The fraction of sp³-hybridized carbons (Fsp3) is 0.432. The van der Waals surface area contributed by atoms with Crippen LogP contribution in [0.15, 0.2) is 66.9 Å². The average Bonchev–Trinajstić information content (AvgIpc) is 3.09. The number of anilines is 1. The molecule has 0 aliphatic rings. The summed E-state index contributed by atoms with van der Waals surface area (Å²) in [5.41, 5.74) is 2.86. The van der Waals surface area contributed by atoms with E-state index in [1.165, 1.54) is 12.1 Å². The number of benzene rings is 2. The van der Waals surface area contributed by atoms with Crippen molar-refractivity contribution in [2.45, 2.75) is 65.2 Å². The molecule has 0 spiro atoms. The molecule has 0 unspecified atom stereocenters. The maximum Gasteiger partial charge on any atom is 0.251 e. The van der Waals surface area contributed by atoms with Gasteiger partial charge in [0.25, 0.3) is 11.8 Å². The third-order valence-corrected chi connectivity index (χ3v) is 8.98. The molecule has 0 saturated heterocycles. The zero-order valence-electron chi connectivity index (χ0n) is 30.6. The van der Waals surface area contributed by atoms with E-state index in [0.29, 0.717) is 29.2 Å². The van der Waals surface area contributed by atoms with Crippen LogP contribution in [0.5, 0.6) is 0 Å². The van der Waals surface area contributed by atoms with Crippen LogP contribution in [0.3, 0.4) is 0 Å². The molecule has 1 aromatic heterocycles. The van der Waals surface area contributed by atoms with Gasteiger partial charge in [-0.2, -0.15) is 0 Å². The molecule has 0 aliphatic carbocycles. The van der Waals surface area contributed by atoms with Crippen LogP contribution >= 0.6 is 23.7 Å². The van der Waals surface area contributed by atoms with Gasteiger partial charge in [0.05, 0.1) is 12.1 Å². The highest BCUT2D eigenvalue weighted by Crippen LogP contribution is 2.26. The Morgan fingerprint density at radius 1 is 0.843 bits per heavy atom. The second-order valence-electron chi connectivity index (χ2n) is 12.9. The molecule has 4 amide bonds. The van der Waals surface area contributed by atoms with Crippen molar-refractivity contribution < 1.29 is 19.2 Å². The molecule has 0 aliphatic heterocycles. The number of likely N-dealkylation sites (N-methyl/N-ethyl adjacent to an activating group) is 1. The molecule has 0 radical (unpaired) electrons. The molecular weight excluding hydrogens is 688 g/mol. The summed E-state index contributed by atoms with van der Waals surface area (Å²) in [4.78, 5) is 57.7. The quantitative estimate of drug-likeness (QED) is 0.120. The molecule has 276 valence electrons. The maximum atomic E-state index is 14.0. The standard InChI is InChI=1S/C37H51ClN8O4S/c1-9-39-37(50)33(23(2)3)44-34(47)25(5)41-22-31(21-30-15-10-11-16-40-30)43-36(49)28-17-27(19-32(20-28)46(8)51-45(6)7)35(48)42-24(4)26-13-12-14-29(38)18-26/h10-20,23-25,31,33,41H,9,21-22H2,1-8H3,(H,39,50)(H,42,48)(H,43,49)(H,44,47)/t24-,25+,31+,33+/m1/s1. The summed E-state index contributed by atoms with van der Waals surface area (Å²) in [7, 11) is 5.66. The van der Waals surface area contributed by atoms with Crippen LogP contribution in [-0.2, 0) is 16.0 Å². The van der Waals surface area contributed by atoms with E-state index in [4.69, 9.17) is 11.6 Å². The SMILES string of the molecule is CCNC(=O)[C@@H](NC(=O)[C@H](C)NC[C@H](Cc1ccccn1)NC(=O)c1cc(C(=O)N[C@H](C)c2cccc(Cl)c2)cc(N(C)SN(C)C)c1)C(C)C. The predicted octanol–water partition coefficient (Wildman–Crippen LogP) is 4.38. The van der Waals surface area contributed by atoms with E-state index in [0.717, 1.165) is 11.3 Å². The molecule has 14 heteroatoms. The van der Waals surface area contributed by atoms with Crippen LogP contribution in [0.25, 0.3) is 0 Å². The average molecular weight is 739 g/mol. The second-order valence-corrected chi connectivity index (χ2v) is 14.7. The number of nitrogens with zero attached hydrogens (tertiary/aromatic N) is 3. The molecule has 3 aromatic rings. The Morgan fingerprint density at radius 2 is 1.53 bits per heavy atom. The molecule has 1 heterocycles. The zero-order valence-corrected chi connectivity index (χ0v) is 32.2. The van der Waals surface area contributed by atoms with E-state index in [2.05, 4.69) is 31.6 Å². The number of carbonyl (C=O) groups is 4. The predicted molar refractivity (Wildman–Crippen MR) is 206 cm³/mol. The maximum absolute atomic E-state index is 14.0. The van der Waals surface area contributed by atoms with Crippen molar-refractivity contribution in [1.82, 2.24) is 35.9 Å². The van der Waals surface area contributed by atoms with Crippen molar-refractivity contribution in [3.8, 4) is 0 Å². The lowest BCUT2D eigenvalue weighted by atomic mass is 10.0. The third-order valence-electron chi connectivity index (χ3n) is 7.97. The molecule has 0 bridgehead atoms. The van der Waals surface area contributed by atoms with Gasteiger partial charge in [-0.3, -0.25) is 24.2 Å². The van der Waals surface area contributed by atoms with E-state index in [-0.39, 0.29) is 41.8 Å². The third kappa shape index (κ3) is 13.1. The molecule has 12 nitrogen and oxygen atoms in total. The van der Waals surface area contributed by atoms with Crippen molar-refractivity contribution in [2.75, 3.05) is 38.5 Å². The summed E-state index contributed by atoms with van der Waals surface area (Å²) < 4.78 is 3.77. The summed E-state index contributed by atoms with van der Waals surface area (Å²) >= 11 is 7.59. The number of rotatable bonds is 18. The van der Waals surface area contributed by atoms with Gasteiger partial charge in [0.1, 0.15) is 6.04 Å². The lowest BCUT2D eigenvalue weighted by molar-refractivity contribution is -0.130. The van der Waals surface area contributed by atoms with E-state index < -0.39 is 24.0 Å². The number of nitrogens with one attached hydrogen (secondary N) is 5. The minimum Gasteiger partial charge on any atom is -0.355 e. The summed E-state index contributed by atoms with van der Waals surface area (Å²) in [6.45, 7) is 9.84. The first kappa shape index (κ1) is 41.3. The summed E-state index contributed by atoms with van der Waals surface area (Å²) in [5.74, 6) is -1.42. The van der Waals surface area contributed by atoms with Gasteiger partial charge in [0.15, 0.2) is 0 Å². The second kappa shape index (κ2) is 20.0. The highest BCUT2D eigenvalue weighted by Gasteiger charge is 2.27. The van der Waals surface area contributed by atoms with Gasteiger partial charge < -0.3 is 30.9 Å². The van der Waals surface area contributed by atoms with Gasteiger partial charge in [-0.15, -0.1) is 0 Å². The van der Waals surface area contributed by atoms with Crippen LogP contribution < -0.4 is 30.9 Å². The smallest absolute Gasteiger partial charge is 0.251 e. The van der Waals surface area contributed by atoms with Crippen LogP contribution in [0.2, 0.25) is 5.02 Å². The van der Waals surface area contributed by atoms with Crippen LogP contribution in [-0.4, -0.2) is 85.3 Å². The van der Waals surface area contributed by atoms with E-state index in [1.807, 2.05) is 87.8 Å². The van der Waals surface area contributed by atoms with Crippen molar-refractivity contribution >= 4 is 53.1 Å². The Hall–Kier alpha value is -4.17. The minimum absolute atomic E-state index is 0.109. The van der Waals surface area contributed by atoms with Crippen molar-refractivity contribution in [2.24, 2.45) is 5.92 Å². The topological polar surface area (TPSA) is 148 Å². The molecule has 51 heavy (non-hydrogen) atoms. The number of aromatic nitrogens is 1. The van der Waals surface area contributed by atoms with Crippen molar-refractivity contribution in [3.05, 3.63) is 94.3 Å². The molecule has 0 fully saturated rings. The van der Waals surface area contributed by atoms with Crippen LogP contribution in [0.1, 0.15) is 72.6 Å². The van der Waals surface area contributed by atoms with Gasteiger partial charge in [0.2, 0.25) is 11.8 Å². The van der Waals surface area contributed by atoms with Gasteiger partial charge in [-0.25, -0.2) is 4.31 Å². The monoisotopic (exact) mass is 738 g/mol. The van der Waals surface area contributed by atoms with E-state index >= 15 is 0 Å². The Kier molecular flexibility index (Phi) is 16.2. The molecule has 0 saturated carbocycles.